The normalized spacial score (nSPS) is 20.3. The van der Waals surface area contributed by atoms with Gasteiger partial charge in [-0.1, -0.05) is 24.9 Å². The molecular formula is C24H23ClF3N7O. The van der Waals surface area contributed by atoms with Crippen LogP contribution in [0.5, 0.6) is 0 Å². The molecule has 0 radical (unpaired) electrons. The third-order valence-corrected chi connectivity index (χ3v) is 7.37. The Kier molecular flexibility index (Phi) is 6.24. The van der Waals surface area contributed by atoms with Crippen molar-refractivity contribution >= 4 is 34.1 Å². The molecule has 0 spiro atoms. The number of fused-ring (bicyclic) bond motifs is 2. The van der Waals surface area contributed by atoms with Gasteiger partial charge >= 0.3 is 6.18 Å². The van der Waals surface area contributed by atoms with Crippen LogP contribution in [-0.4, -0.2) is 50.2 Å². The maximum Gasteiger partial charge on any atom is 0.451 e. The Morgan fingerprint density at radius 2 is 2.06 bits per heavy atom. The van der Waals surface area contributed by atoms with Crippen LogP contribution < -0.4 is 4.90 Å². The summed E-state index contributed by atoms with van der Waals surface area (Å²) in [7, 11) is 0. The van der Waals surface area contributed by atoms with Crippen molar-refractivity contribution < 1.29 is 18.0 Å². The highest BCUT2D eigenvalue weighted by atomic mass is 35.5. The molecule has 0 aliphatic carbocycles. The van der Waals surface area contributed by atoms with Crippen LogP contribution in [0.25, 0.3) is 10.9 Å². The van der Waals surface area contributed by atoms with Crippen LogP contribution >= 0.6 is 11.6 Å². The van der Waals surface area contributed by atoms with Crippen molar-refractivity contribution in [1.82, 2.24) is 24.6 Å². The van der Waals surface area contributed by atoms with Crippen molar-refractivity contribution in [3.63, 3.8) is 0 Å². The van der Waals surface area contributed by atoms with E-state index in [-0.39, 0.29) is 43.2 Å². The van der Waals surface area contributed by atoms with Crippen LogP contribution in [-0.2, 0) is 24.1 Å². The van der Waals surface area contributed by atoms with Gasteiger partial charge in [0.05, 0.1) is 23.3 Å². The smallest absolute Gasteiger partial charge is 0.370 e. The molecule has 2 aliphatic rings. The number of hydrogen-bond acceptors (Lipinski definition) is 6. The highest BCUT2D eigenvalue weighted by Gasteiger charge is 2.42. The molecule has 2 aromatic heterocycles. The maximum atomic E-state index is 13.5. The second-order valence-corrected chi connectivity index (χ2v) is 9.59. The van der Waals surface area contributed by atoms with Crippen LogP contribution in [0.2, 0.25) is 5.02 Å². The highest BCUT2D eigenvalue weighted by Crippen LogP contribution is 2.37. The maximum absolute atomic E-state index is 13.5. The fraction of sp³-hybridized carbons (Fsp3) is 0.458. The molecule has 1 fully saturated rings. The Morgan fingerprint density at radius 1 is 1.25 bits per heavy atom. The summed E-state index contributed by atoms with van der Waals surface area (Å²) >= 11 is 6.24. The minimum Gasteiger partial charge on any atom is -0.370 e. The van der Waals surface area contributed by atoms with E-state index in [0.29, 0.717) is 30.1 Å². The molecule has 1 aromatic carbocycles. The van der Waals surface area contributed by atoms with Gasteiger partial charge in [-0.2, -0.15) is 18.4 Å². The van der Waals surface area contributed by atoms with E-state index in [9.17, 15) is 23.2 Å². The third-order valence-electron chi connectivity index (χ3n) is 7.13. The first-order chi connectivity index (χ1) is 17.2. The zero-order valence-corrected chi connectivity index (χ0v) is 20.2. The first kappa shape index (κ1) is 24.3. The van der Waals surface area contributed by atoms with Crippen LogP contribution in [0, 0.1) is 23.2 Å². The topological polar surface area (TPSA) is 90.9 Å². The number of aromatic nitrogens is 4. The Balaban J connectivity index is 1.37. The van der Waals surface area contributed by atoms with E-state index in [4.69, 9.17) is 11.6 Å². The van der Waals surface area contributed by atoms with Crippen LogP contribution in [0.1, 0.15) is 37.0 Å². The van der Waals surface area contributed by atoms with Gasteiger partial charge in [0, 0.05) is 48.7 Å². The molecule has 3 aromatic rings. The molecular weight excluding hydrogens is 495 g/mol. The molecule has 2 unspecified atom stereocenters. The van der Waals surface area contributed by atoms with Crippen LogP contribution in [0.15, 0.2) is 24.4 Å². The summed E-state index contributed by atoms with van der Waals surface area (Å²) in [6.45, 7) is 3.32. The van der Waals surface area contributed by atoms with Crippen molar-refractivity contribution in [2.45, 2.75) is 39.0 Å². The number of carbonyl (C=O) groups is 1. The minimum absolute atomic E-state index is 0.00460. The van der Waals surface area contributed by atoms with Gasteiger partial charge in [-0.05, 0) is 30.5 Å². The summed E-state index contributed by atoms with van der Waals surface area (Å²) in [4.78, 5) is 21.6. The molecule has 0 saturated carbocycles. The van der Waals surface area contributed by atoms with E-state index in [2.05, 4.69) is 26.2 Å². The lowest BCUT2D eigenvalue weighted by Crippen LogP contribution is -2.49. The van der Waals surface area contributed by atoms with Crippen LogP contribution in [0.3, 0.4) is 0 Å². The second-order valence-electron chi connectivity index (χ2n) is 9.15. The van der Waals surface area contributed by atoms with Gasteiger partial charge in [-0.25, -0.2) is 0 Å². The summed E-state index contributed by atoms with van der Waals surface area (Å²) in [6.07, 6.45) is -1.73. The molecule has 5 rings (SSSR count). The number of amides is 1. The molecule has 1 amide bonds. The number of nitriles is 1. The summed E-state index contributed by atoms with van der Waals surface area (Å²) in [5, 5.41) is 18.1. The molecule has 8 nitrogen and oxygen atoms in total. The zero-order chi connectivity index (χ0) is 25.6. The van der Waals surface area contributed by atoms with Crippen molar-refractivity contribution in [2.75, 3.05) is 24.5 Å². The van der Waals surface area contributed by atoms with Gasteiger partial charge in [0.15, 0.2) is 5.82 Å². The quantitative estimate of drug-likeness (QED) is 0.515. The predicted molar refractivity (Wildman–Crippen MR) is 126 cm³/mol. The van der Waals surface area contributed by atoms with E-state index in [1.165, 1.54) is 0 Å². The van der Waals surface area contributed by atoms with Crippen molar-refractivity contribution in [3.05, 3.63) is 46.6 Å². The Hall–Kier alpha value is -3.39. The molecule has 2 atom stereocenters. The van der Waals surface area contributed by atoms with Gasteiger partial charge in [0.25, 0.3) is 0 Å². The van der Waals surface area contributed by atoms with E-state index in [0.717, 1.165) is 27.6 Å². The summed E-state index contributed by atoms with van der Waals surface area (Å²) < 4.78 is 40.5. The number of piperidine rings is 1. The number of nitrogens with zero attached hydrogens (tertiary/aromatic N) is 7. The van der Waals surface area contributed by atoms with Crippen molar-refractivity contribution in [3.8, 4) is 6.07 Å². The Bertz CT molecular complexity index is 1370. The summed E-state index contributed by atoms with van der Waals surface area (Å²) in [6, 6.07) is 7.60. The lowest BCUT2D eigenvalue weighted by molar-refractivity contribution is -0.148. The monoisotopic (exact) mass is 517 g/mol. The van der Waals surface area contributed by atoms with Gasteiger partial charge < -0.3 is 14.4 Å². The number of halogens is 4. The average Bonchev–Trinajstić information content (AvgIpc) is 3.31. The van der Waals surface area contributed by atoms with Gasteiger partial charge in [0.2, 0.25) is 11.7 Å². The third kappa shape index (κ3) is 4.23. The highest BCUT2D eigenvalue weighted by molar-refractivity contribution is 6.31. The fourth-order valence-electron chi connectivity index (χ4n) is 5.34. The fourth-order valence-corrected chi connectivity index (χ4v) is 5.51. The first-order valence-electron chi connectivity index (χ1n) is 11.7. The summed E-state index contributed by atoms with van der Waals surface area (Å²) in [5.41, 5.74) is 1.94. The first-order valence-corrected chi connectivity index (χ1v) is 12.1. The number of carbonyl (C=O) groups excluding carboxylic acids is 1. The van der Waals surface area contributed by atoms with Gasteiger partial charge in [-0.3, -0.25) is 9.78 Å². The molecule has 12 heteroatoms. The SMILES string of the molecule is CCC1CN(c2c(C#N)cnc3ccc(Cl)cc23)CCC1C(=O)N1CCn2c(nnc2C(F)(F)F)C1. The molecule has 0 N–H and O–H groups in total. The molecule has 4 heterocycles. The average molecular weight is 518 g/mol. The molecule has 0 bridgehead atoms. The Morgan fingerprint density at radius 3 is 2.78 bits per heavy atom. The molecule has 36 heavy (non-hydrogen) atoms. The van der Waals surface area contributed by atoms with E-state index < -0.39 is 12.0 Å². The zero-order valence-electron chi connectivity index (χ0n) is 19.5. The van der Waals surface area contributed by atoms with E-state index in [1.54, 1.807) is 23.2 Å². The van der Waals surface area contributed by atoms with Gasteiger partial charge in [0.1, 0.15) is 6.07 Å². The number of anilines is 1. The lowest BCUT2D eigenvalue weighted by Gasteiger charge is -2.41. The molecule has 2 aliphatic heterocycles. The largest absolute Gasteiger partial charge is 0.451 e. The van der Waals surface area contributed by atoms with Crippen molar-refractivity contribution in [2.24, 2.45) is 11.8 Å². The van der Waals surface area contributed by atoms with E-state index >= 15 is 0 Å². The minimum atomic E-state index is -4.58. The standard InChI is InChI=1S/C24H23ClF3N7O/c1-2-14-12-33(21-15(10-29)11-30-19-4-3-16(25)9-18(19)21)6-5-17(14)22(36)34-7-8-35-20(13-34)31-32-23(35)24(26,27)28/h3-4,9,11,14,17H,2,5-8,12-13H2,1H3. The van der Waals surface area contributed by atoms with E-state index in [1.807, 2.05) is 13.0 Å². The number of rotatable bonds is 3. The molecule has 1 saturated heterocycles. The predicted octanol–water partition coefficient (Wildman–Crippen LogP) is 4.27. The number of benzene rings is 1. The van der Waals surface area contributed by atoms with Crippen molar-refractivity contribution in [1.29, 1.82) is 5.26 Å². The Labute approximate surface area is 210 Å². The molecule has 188 valence electrons. The van der Waals surface area contributed by atoms with Gasteiger partial charge in [-0.15, -0.1) is 10.2 Å². The second kappa shape index (κ2) is 9.24. The lowest BCUT2D eigenvalue weighted by atomic mass is 9.82. The number of alkyl halides is 3. The number of hydrogen-bond donors (Lipinski definition) is 0. The number of pyridine rings is 1. The summed E-state index contributed by atoms with van der Waals surface area (Å²) in [5.74, 6) is -1.23. The van der Waals surface area contributed by atoms with Crippen LogP contribution in [0.4, 0.5) is 18.9 Å².